The predicted molar refractivity (Wildman–Crippen MR) is 65.6 cm³/mol. The second-order valence-corrected chi connectivity index (χ2v) is 3.91. The molecule has 2 rings (SSSR count). The molecule has 5 nitrogen and oxygen atoms in total. The lowest BCUT2D eigenvalue weighted by molar-refractivity contribution is -0.664. The van der Waals surface area contributed by atoms with E-state index in [4.69, 9.17) is 11.6 Å². The first-order valence-corrected chi connectivity index (χ1v) is 5.30. The fraction of sp³-hybridized carbons (Fsp3) is 0.167. The number of pyridine rings is 1. The van der Waals surface area contributed by atoms with Gasteiger partial charge in [0.05, 0.1) is 11.1 Å². The van der Waals surface area contributed by atoms with Crippen LogP contribution in [0.5, 0.6) is 0 Å². The highest BCUT2D eigenvalue weighted by molar-refractivity contribution is 5.88. The largest absolute Gasteiger partial charge is 0.398 e. The number of nitrogens with zero attached hydrogens (tertiary/aromatic N) is 1. The minimum absolute atomic E-state index is 0.184. The number of para-hydroxylation sites is 1. The number of anilines is 1. The van der Waals surface area contributed by atoms with E-state index in [9.17, 15) is 4.79 Å². The van der Waals surface area contributed by atoms with Crippen molar-refractivity contribution in [3.8, 4) is 0 Å². The van der Waals surface area contributed by atoms with Crippen LogP contribution < -0.4 is 21.6 Å². The van der Waals surface area contributed by atoms with E-state index in [0.717, 1.165) is 16.6 Å². The number of aryl methyl sites for hydroxylation is 1. The molecule has 0 aliphatic rings. The summed E-state index contributed by atoms with van der Waals surface area (Å²) in [4.78, 5) is 11.4. The van der Waals surface area contributed by atoms with Crippen molar-refractivity contribution in [3.63, 3.8) is 0 Å². The quantitative estimate of drug-likeness (QED) is 0.294. The van der Waals surface area contributed by atoms with E-state index in [2.05, 4.69) is 5.43 Å². The van der Waals surface area contributed by atoms with Crippen LogP contribution >= 0.6 is 0 Å². The Morgan fingerprint density at radius 2 is 2.12 bits per heavy atom. The van der Waals surface area contributed by atoms with Crippen molar-refractivity contribution >= 4 is 22.5 Å². The molecule has 5 N–H and O–H groups in total. The van der Waals surface area contributed by atoms with Crippen molar-refractivity contribution in [2.75, 3.05) is 5.73 Å². The third kappa shape index (κ3) is 2.05. The van der Waals surface area contributed by atoms with Crippen LogP contribution in [-0.4, -0.2) is 5.91 Å². The van der Waals surface area contributed by atoms with Gasteiger partial charge in [-0.2, -0.15) is 4.57 Å². The number of hydrogen-bond donors (Lipinski definition) is 3. The van der Waals surface area contributed by atoms with Gasteiger partial charge < -0.3 is 5.73 Å². The van der Waals surface area contributed by atoms with Crippen molar-refractivity contribution in [3.05, 3.63) is 36.0 Å². The van der Waals surface area contributed by atoms with E-state index < -0.39 is 0 Å². The minimum atomic E-state index is -0.243. The Kier molecular flexibility index (Phi) is 2.93. The van der Waals surface area contributed by atoms with E-state index in [1.165, 1.54) is 0 Å². The lowest BCUT2D eigenvalue weighted by atomic mass is 10.1. The van der Waals surface area contributed by atoms with Gasteiger partial charge in [0.25, 0.3) is 5.91 Å². The predicted octanol–water partition coefficient (Wildman–Crippen LogP) is 0.00782. The lowest BCUT2D eigenvalue weighted by Crippen LogP contribution is -2.47. The number of aromatic nitrogens is 1. The molecule has 5 heteroatoms. The maximum absolute atomic E-state index is 11.4. The standard InChI is InChI=1S/C12H14N4O/c1-8-6-10(13)9-4-2-3-5-11(9)16(8)7-12(17)15-14/h2-6,13H,7,14H2,1H3,(H,15,17)/p+1. The van der Waals surface area contributed by atoms with Gasteiger partial charge in [0.1, 0.15) is 0 Å². The third-order valence-electron chi connectivity index (χ3n) is 2.76. The van der Waals surface area contributed by atoms with Gasteiger partial charge >= 0.3 is 0 Å². The van der Waals surface area contributed by atoms with Crippen molar-refractivity contribution in [2.45, 2.75) is 13.5 Å². The number of hydrazine groups is 1. The van der Waals surface area contributed by atoms with Crippen molar-refractivity contribution < 1.29 is 9.36 Å². The van der Waals surface area contributed by atoms with E-state index in [1.807, 2.05) is 41.8 Å². The highest BCUT2D eigenvalue weighted by Crippen LogP contribution is 2.18. The maximum Gasteiger partial charge on any atom is 0.299 e. The molecule has 0 radical (unpaired) electrons. The molecule has 2 aromatic rings. The molecule has 0 saturated carbocycles. The first kappa shape index (κ1) is 11.3. The summed E-state index contributed by atoms with van der Waals surface area (Å²) in [5.74, 6) is 4.86. The number of nitrogens with one attached hydrogen (secondary N) is 1. The Morgan fingerprint density at radius 3 is 2.82 bits per heavy atom. The number of carbonyl (C=O) groups is 1. The van der Waals surface area contributed by atoms with Gasteiger partial charge in [0.15, 0.2) is 5.69 Å². The van der Waals surface area contributed by atoms with Crippen LogP contribution in [0.3, 0.4) is 0 Å². The molecule has 1 amide bonds. The molecule has 0 aliphatic carbocycles. The van der Waals surface area contributed by atoms with E-state index in [1.54, 1.807) is 0 Å². The number of nitrogens with two attached hydrogens (primary N) is 2. The lowest BCUT2D eigenvalue weighted by Gasteiger charge is -2.06. The molecular formula is C12H15N4O+. The SMILES string of the molecule is Cc1cc(N)c2ccccc2[n+]1CC(=O)NN. The number of amides is 1. The van der Waals surface area contributed by atoms with Crippen LogP contribution in [0, 0.1) is 6.92 Å². The van der Waals surface area contributed by atoms with Crippen LogP contribution in [0.4, 0.5) is 5.69 Å². The Bertz CT molecular complexity index is 580. The van der Waals surface area contributed by atoms with Gasteiger partial charge in [0, 0.05) is 19.1 Å². The van der Waals surface area contributed by atoms with E-state index in [0.29, 0.717) is 5.69 Å². The summed E-state index contributed by atoms with van der Waals surface area (Å²) in [5.41, 5.74) is 10.6. The van der Waals surface area contributed by atoms with Crippen molar-refractivity contribution in [1.82, 2.24) is 5.43 Å². The zero-order valence-electron chi connectivity index (χ0n) is 9.60. The molecule has 1 heterocycles. The molecule has 1 aromatic carbocycles. The summed E-state index contributed by atoms with van der Waals surface area (Å²) in [6.45, 7) is 2.09. The highest BCUT2D eigenvalue weighted by Gasteiger charge is 2.17. The Hall–Kier alpha value is -2.14. The maximum atomic E-state index is 11.4. The number of fused-ring (bicyclic) bond motifs is 1. The Balaban J connectivity index is 2.65. The summed E-state index contributed by atoms with van der Waals surface area (Å²) in [5, 5.41) is 0.933. The van der Waals surface area contributed by atoms with Gasteiger partial charge in [-0.3, -0.25) is 10.2 Å². The molecule has 0 fully saturated rings. The monoisotopic (exact) mass is 231 g/mol. The molecule has 17 heavy (non-hydrogen) atoms. The summed E-state index contributed by atoms with van der Waals surface area (Å²) < 4.78 is 1.88. The average Bonchev–Trinajstić information content (AvgIpc) is 2.34. The Labute approximate surface area is 99.0 Å². The van der Waals surface area contributed by atoms with Crippen LogP contribution in [0.2, 0.25) is 0 Å². The zero-order valence-corrected chi connectivity index (χ0v) is 9.60. The summed E-state index contributed by atoms with van der Waals surface area (Å²) in [7, 11) is 0. The molecule has 0 unspecified atom stereocenters. The van der Waals surface area contributed by atoms with Gasteiger partial charge in [-0.25, -0.2) is 5.84 Å². The number of nitrogen functional groups attached to an aromatic ring is 1. The molecule has 88 valence electrons. The summed E-state index contributed by atoms with van der Waals surface area (Å²) >= 11 is 0. The normalized spacial score (nSPS) is 10.5. The number of carbonyl (C=O) groups excluding carboxylic acids is 1. The van der Waals surface area contributed by atoms with Crippen molar-refractivity contribution in [2.24, 2.45) is 5.84 Å². The number of rotatable bonds is 2. The summed E-state index contributed by atoms with van der Waals surface area (Å²) in [6.07, 6.45) is 0. The molecule has 0 atom stereocenters. The van der Waals surface area contributed by atoms with E-state index >= 15 is 0 Å². The Morgan fingerprint density at radius 1 is 1.41 bits per heavy atom. The molecule has 0 bridgehead atoms. The zero-order chi connectivity index (χ0) is 12.4. The number of hydrogen-bond acceptors (Lipinski definition) is 3. The van der Waals surface area contributed by atoms with Gasteiger partial charge in [-0.15, -0.1) is 0 Å². The molecule has 0 spiro atoms. The second kappa shape index (κ2) is 4.39. The third-order valence-corrected chi connectivity index (χ3v) is 2.76. The average molecular weight is 231 g/mol. The van der Waals surface area contributed by atoms with Crippen LogP contribution in [0.1, 0.15) is 5.69 Å². The molecule has 1 aromatic heterocycles. The second-order valence-electron chi connectivity index (χ2n) is 3.91. The first-order valence-electron chi connectivity index (χ1n) is 5.30. The molecule has 0 saturated heterocycles. The smallest absolute Gasteiger partial charge is 0.299 e. The molecule has 0 aliphatic heterocycles. The fourth-order valence-corrected chi connectivity index (χ4v) is 1.92. The summed E-state index contributed by atoms with van der Waals surface area (Å²) in [6, 6.07) is 9.55. The van der Waals surface area contributed by atoms with Gasteiger partial charge in [-0.1, -0.05) is 12.1 Å². The van der Waals surface area contributed by atoms with Gasteiger partial charge in [-0.05, 0) is 6.07 Å². The molecular weight excluding hydrogens is 216 g/mol. The van der Waals surface area contributed by atoms with E-state index in [-0.39, 0.29) is 12.5 Å². The minimum Gasteiger partial charge on any atom is -0.398 e. The van der Waals surface area contributed by atoms with Gasteiger partial charge in [0.2, 0.25) is 12.1 Å². The van der Waals surface area contributed by atoms with Crippen LogP contribution in [0.15, 0.2) is 30.3 Å². The topological polar surface area (TPSA) is 85.0 Å². The van der Waals surface area contributed by atoms with Crippen molar-refractivity contribution in [1.29, 1.82) is 0 Å². The van der Waals surface area contributed by atoms with Crippen LogP contribution in [0.25, 0.3) is 10.9 Å². The first-order chi connectivity index (χ1) is 8.13. The highest BCUT2D eigenvalue weighted by atomic mass is 16.2. The number of benzene rings is 1. The fourth-order valence-electron chi connectivity index (χ4n) is 1.92. The van der Waals surface area contributed by atoms with Crippen LogP contribution in [-0.2, 0) is 11.3 Å².